The third kappa shape index (κ3) is 5.43. The zero-order valence-electron chi connectivity index (χ0n) is 18.6. The molecule has 1 aliphatic rings. The van der Waals surface area contributed by atoms with Crippen LogP contribution in [-0.2, 0) is 27.3 Å². The first-order valence-electron chi connectivity index (χ1n) is 10.3. The molecule has 0 aromatic heterocycles. The lowest BCUT2D eigenvalue weighted by Gasteiger charge is -2.19. The van der Waals surface area contributed by atoms with Crippen LogP contribution < -0.4 is 9.47 Å². The summed E-state index contributed by atoms with van der Waals surface area (Å²) in [5.41, 5.74) is 3.98. The fourth-order valence-corrected chi connectivity index (χ4v) is 3.36. The fourth-order valence-electron chi connectivity index (χ4n) is 3.36. The number of cyclic esters (lactones) is 1. The zero-order valence-corrected chi connectivity index (χ0v) is 18.6. The van der Waals surface area contributed by atoms with Gasteiger partial charge < -0.3 is 18.9 Å². The van der Waals surface area contributed by atoms with Gasteiger partial charge in [0.2, 0.25) is 0 Å². The van der Waals surface area contributed by atoms with Crippen LogP contribution >= 0.6 is 0 Å². The summed E-state index contributed by atoms with van der Waals surface area (Å²) in [7, 11) is 1.61. The van der Waals surface area contributed by atoms with Crippen molar-refractivity contribution >= 4 is 11.9 Å². The number of esters is 2. The highest BCUT2D eigenvalue weighted by Crippen LogP contribution is 2.42. The van der Waals surface area contributed by atoms with Crippen molar-refractivity contribution in [3.63, 3.8) is 0 Å². The average Bonchev–Trinajstić information content (AvgIpc) is 3.12. The van der Waals surface area contributed by atoms with Crippen LogP contribution in [0.25, 0.3) is 0 Å². The summed E-state index contributed by atoms with van der Waals surface area (Å²) in [4.78, 5) is 24.3. The van der Waals surface area contributed by atoms with Crippen LogP contribution in [0.2, 0.25) is 0 Å². The lowest BCUT2D eigenvalue weighted by atomic mass is 9.94. The first-order chi connectivity index (χ1) is 14.3. The summed E-state index contributed by atoms with van der Waals surface area (Å²) < 4.78 is 22.1. The number of methoxy groups -OCH3 is 1. The highest BCUT2D eigenvalue weighted by atomic mass is 16.5. The molecular formula is C24H32O6. The third-order valence-electron chi connectivity index (χ3n) is 5.26. The van der Waals surface area contributed by atoms with E-state index >= 15 is 0 Å². The minimum Gasteiger partial charge on any atom is -0.496 e. The van der Waals surface area contributed by atoms with Crippen molar-refractivity contribution in [2.75, 3.05) is 13.7 Å². The molecule has 1 atom stereocenters. The molecule has 2 rings (SSSR count). The molecule has 0 spiro atoms. The Bertz CT molecular complexity index is 837. The molecule has 1 aliphatic heterocycles. The zero-order chi connectivity index (χ0) is 22.3. The van der Waals surface area contributed by atoms with Crippen LogP contribution in [0, 0.1) is 6.92 Å². The number of carbonyl (C=O) groups is 2. The SMILES string of the molecule is C=CCOc1c(C/C=C(\C)CCC(=O)OC(C)CC)c(OC)c(C)c2c1C(=O)OC2. The summed E-state index contributed by atoms with van der Waals surface area (Å²) in [6.07, 6.45) is 5.83. The van der Waals surface area contributed by atoms with Gasteiger partial charge in [0.1, 0.15) is 30.3 Å². The van der Waals surface area contributed by atoms with E-state index in [0.717, 1.165) is 28.7 Å². The van der Waals surface area contributed by atoms with Crippen molar-refractivity contribution in [3.05, 3.63) is 46.6 Å². The molecule has 1 aromatic rings. The van der Waals surface area contributed by atoms with Gasteiger partial charge in [-0.3, -0.25) is 4.79 Å². The Kier molecular flexibility index (Phi) is 8.51. The normalized spacial score (nSPS) is 14.0. The predicted octanol–water partition coefficient (Wildman–Crippen LogP) is 4.85. The van der Waals surface area contributed by atoms with E-state index < -0.39 is 0 Å². The van der Waals surface area contributed by atoms with Crippen molar-refractivity contribution in [3.8, 4) is 11.5 Å². The monoisotopic (exact) mass is 416 g/mol. The van der Waals surface area contributed by atoms with Crippen LogP contribution in [0.5, 0.6) is 11.5 Å². The molecule has 1 unspecified atom stereocenters. The Balaban J connectivity index is 2.27. The number of rotatable bonds is 11. The van der Waals surface area contributed by atoms with Crippen LogP contribution in [0.15, 0.2) is 24.3 Å². The lowest BCUT2D eigenvalue weighted by molar-refractivity contribution is -0.148. The van der Waals surface area contributed by atoms with Gasteiger partial charge in [-0.15, -0.1) is 0 Å². The molecule has 0 bridgehead atoms. The van der Waals surface area contributed by atoms with Gasteiger partial charge in [0.15, 0.2) is 0 Å². The average molecular weight is 417 g/mol. The van der Waals surface area contributed by atoms with Crippen molar-refractivity contribution in [1.82, 2.24) is 0 Å². The molecule has 0 amide bonds. The smallest absolute Gasteiger partial charge is 0.342 e. The Hall–Kier alpha value is -2.76. The lowest BCUT2D eigenvalue weighted by Crippen LogP contribution is -2.13. The maximum absolute atomic E-state index is 12.3. The van der Waals surface area contributed by atoms with Gasteiger partial charge in [-0.25, -0.2) is 4.79 Å². The predicted molar refractivity (Wildman–Crippen MR) is 115 cm³/mol. The summed E-state index contributed by atoms with van der Waals surface area (Å²) >= 11 is 0. The number of allylic oxidation sites excluding steroid dienone is 2. The van der Waals surface area contributed by atoms with Crippen molar-refractivity contribution in [2.45, 2.75) is 66.1 Å². The molecule has 0 aliphatic carbocycles. The molecule has 0 N–H and O–H groups in total. The Labute approximate surface area is 178 Å². The molecule has 0 fully saturated rings. The first-order valence-corrected chi connectivity index (χ1v) is 10.3. The van der Waals surface area contributed by atoms with E-state index in [-0.39, 0.29) is 31.3 Å². The minimum atomic E-state index is -0.385. The van der Waals surface area contributed by atoms with Gasteiger partial charge in [0.25, 0.3) is 0 Å². The standard InChI is InChI=1S/C24H32O6/c1-7-13-28-23-18(11-9-15(3)10-12-20(25)30-16(4)8-2)22(27-6)17(5)19-14-29-24(26)21(19)23/h7,9,16H,1,8,10-14H2,2-6H3/b15-9+. The van der Waals surface area contributed by atoms with Crippen LogP contribution in [0.1, 0.15) is 67.1 Å². The Morgan fingerprint density at radius 2 is 2.03 bits per heavy atom. The number of benzene rings is 1. The van der Waals surface area contributed by atoms with E-state index in [2.05, 4.69) is 6.58 Å². The summed E-state index contributed by atoms with van der Waals surface area (Å²) in [6, 6.07) is 0. The minimum absolute atomic E-state index is 0.0650. The number of carbonyl (C=O) groups excluding carboxylic acids is 2. The van der Waals surface area contributed by atoms with E-state index in [4.69, 9.17) is 18.9 Å². The summed E-state index contributed by atoms with van der Waals surface area (Å²) in [5, 5.41) is 0. The highest BCUT2D eigenvalue weighted by molar-refractivity contribution is 5.98. The van der Waals surface area contributed by atoms with Crippen molar-refractivity contribution < 1.29 is 28.5 Å². The molecule has 30 heavy (non-hydrogen) atoms. The van der Waals surface area contributed by atoms with E-state index in [0.29, 0.717) is 36.3 Å². The molecule has 6 heteroatoms. The largest absolute Gasteiger partial charge is 0.496 e. The van der Waals surface area contributed by atoms with Crippen LogP contribution in [0.3, 0.4) is 0 Å². The van der Waals surface area contributed by atoms with Gasteiger partial charge >= 0.3 is 11.9 Å². The molecular weight excluding hydrogens is 384 g/mol. The first kappa shape index (κ1) is 23.5. The fraction of sp³-hybridized carbons (Fsp3) is 0.500. The van der Waals surface area contributed by atoms with E-state index in [9.17, 15) is 9.59 Å². The quantitative estimate of drug-likeness (QED) is 0.379. The van der Waals surface area contributed by atoms with Gasteiger partial charge in [0.05, 0.1) is 13.2 Å². The molecule has 6 nitrogen and oxygen atoms in total. The second-order valence-corrected chi connectivity index (χ2v) is 7.46. The van der Waals surface area contributed by atoms with Crippen LogP contribution in [-0.4, -0.2) is 31.8 Å². The van der Waals surface area contributed by atoms with Crippen LogP contribution in [0.4, 0.5) is 0 Å². The highest BCUT2D eigenvalue weighted by Gasteiger charge is 2.33. The van der Waals surface area contributed by atoms with E-state index in [1.54, 1.807) is 13.2 Å². The molecule has 0 saturated heterocycles. The summed E-state index contributed by atoms with van der Waals surface area (Å²) in [5.74, 6) is 0.590. The van der Waals surface area contributed by atoms with E-state index in [1.165, 1.54) is 0 Å². The number of hydrogen-bond acceptors (Lipinski definition) is 6. The van der Waals surface area contributed by atoms with Crippen molar-refractivity contribution in [2.24, 2.45) is 0 Å². The van der Waals surface area contributed by atoms with E-state index in [1.807, 2.05) is 33.8 Å². The van der Waals surface area contributed by atoms with Gasteiger partial charge in [-0.05, 0) is 45.6 Å². The number of fused-ring (bicyclic) bond motifs is 1. The maximum atomic E-state index is 12.3. The molecule has 1 heterocycles. The second kappa shape index (κ2) is 10.9. The molecule has 164 valence electrons. The van der Waals surface area contributed by atoms with Gasteiger partial charge in [-0.1, -0.05) is 31.2 Å². The van der Waals surface area contributed by atoms with Crippen molar-refractivity contribution in [1.29, 1.82) is 0 Å². The van der Waals surface area contributed by atoms with Gasteiger partial charge in [-0.2, -0.15) is 0 Å². The number of ether oxygens (including phenoxy) is 4. The summed E-state index contributed by atoms with van der Waals surface area (Å²) in [6.45, 7) is 11.9. The molecule has 1 aromatic carbocycles. The molecule has 0 saturated carbocycles. The number of hydrogen-bond donors (Lipinski definition) is 0. The molecule has 0 radical (unpaired) electrons. The Morgan fingerprint density at radius 3 is 2.67 bits per heavy atom. The third-order valence-corrected chi connectivity index (χ3v) is 5.26. The topological polar surface area (TPSA) is 71.1 Å². The second-order valence-electron chi connectivity index (χ2n) is 7.46. The van der Waals surface area contributed by atoms with Gasteiger partial charge in [0, 0.05) is 17.5 Å². The maximum Gasteiger partial charge on any atom is 0.342 e. The Morgan fingerprint density at radius 1 is 1.30 bits per heavy atom.